The lowest BCUT2D eigenvalue weighted by Gasteiger charge is -2.56. The zero-order chi connectivity index (χ0) is 16.9. The lowest BCUT2D eigenvalue weighted by atomic mass is 9.48. The van der Waals surface area contributed by atoms with Gasteiger partial charge >= 0.3 is 0 Å². The van der Waals surface area contributed by atoms with Crippen LogP contribution >= 0.6 is 0 Å². The van der Waals surface area contributed by atoms with Gasteiger partial charge in [-0.05, 0) is 29.9 Å². The van der Waals surface area contributed by atoms with Gasteiger partial charge in [-0.1, -0.05) is 31.1 Å². The van der Waals surface area contributed by atoms with Gasteiger partial charge in [0.05, 0.1) is 13.0 Å². The molecule has 1 saturated heterocycles. The average Bonchev–Trinajstić information content (AvgIpc) is 3.08. The monoisotopic (exact) mass is 328 g/mol. The summed E-state index contributed by atoms with van der Waals surface area (Å²) in [5.41, 5.74) is 1.89. The number of amides is 1. The molecule has 0 unspecified atom stereocenters. The highest BCUT2D eigenvalue weighted by Gasteiger charge is 2.63. The Labute approximate surface area is 141 Å². The fraction of sp³-hybridized carbons (Fsp3) is 0.579. The van der Waals surface area contributed by atoms with E-state index in [0.29, 0.717) is 12.3 Å². The smallest absolute Gasteiger partial charge is 0.228 e. The summed E-state index contributed by atoms with van der Waals surface area (Å²) in [5, 5.41) is 5.03. The number of hydrogen-bond acceptors (Lipinski definition) is 4. The predicted octanol–water partition coefficient (Wildman–Crippen LogP) is 2.89. The summed E-state index contributed by atoms with van der Waals surface area (Å²) in [5.74, 6) is 0.651. The van der Waals surface area contributed by atoms with Crippen LogP contribution in [0, 0.1) is 16.7 Å². The van der Waals surface area contributed by atoms with E-state index < -0.39 is 0 Å². The molecule has 0 N–H and O–H groups in total. The second-order valence-corrected chi connectivity index (χ2v) is 8.09. The largest absolute Gasteiger partial charge is 0.384 e. The van der Waals surface area contributed by atoms with E-state index in [4.69, 9.17) is 9.26 Å². The second kappa shape index (κ2) is 5.31. The number of fused-ring (bicyclic) bond motifs is 2. The van der Waals surface area contributed by atoms with Crippen molar-refractivity contribution in [1.29, 1.82) is 0 Å². The van der Waals surface area contributed by atoms with Crippen molar-refractivity contribution in [3.8, 4) is 0 Å². The molecule has 0 radical (unpaired) electrons. The van der Waals surface area contributed by atoms with Crippen LogP contribution in [0.4, 0.5) is 0 Å². The van der Waals surface area contributed by atoms with Crippen molar-refractivity contribution in [3.63, 3.8) is 0 Å². The summed E-state index contributed by atoms with van der Waals surface area (Å²) < 4.78 is 10.8. The normalized spacial score (nSPS) is 28.0. The molecule has 0 spiro atoms. The maximum atomic E-state index is 12.8. The molecule has 4 rings (SSSR count). The maximum absolute atomic E-state index is 12.8. The molecule has 2 aliphatic rings. The molecule has 1 saturated carbocycles. The van der Waals surface area contributed by atoms with Gasteiger partial charge in [0.2, 0.25) is 5.91 Å². The summed E-state index contributed by atoms with van der Waals surface area (Å²) in [4.78, 5) is 14.8. The zero-order valence-electron chi connectivity index (χ0n) is 14.5. The van der Waals surface area contributed by atoms with Crippen molar-refractivity contribution in [1.82, 2.24) is 10.1 Å². The fourth-order valence-electron chi connectivity index (χ4n) is 5.12. The lowest BCUT2D eigenvalue weighted by Crippen LogP contribution is -2.55. The quantitative estimate of drug-likeness (QED) is 0.866. The minimum Gasteiger partial charge on any atom is -0.384 e. The Bertz CT molecular complexity index is 782. The topological polar surface area (TPSA) is 55.6 Å². The van der Waals surface area contributed by atoms with Crippen LogP contribution in [0.5, 0.6) is 0 Å². The molecule has 2 atom stereocenters. The van der Waals surface area contributed by atoms with Crippen molar-refractivity contribution >= 4 is 16.9 Å². The summed E-state index contributed by atoms with van der Waals surface area (Å²) >= 11 is 0. The molecule has 128 valence electrons. The van der Waals surface area contributed by atoms with Crippen molar-refractivity contribution in [2.75, 3.05) is 26.8 Å². The number of benzene rings is 1. The summed E-state index contributed by atoms with van der Waals surface area (Å²) in [6.45, 7) is 6.95. The molecule has 5 nitrogen and oxygen atoms in total. The SMILES string of the molecule is COC[C@@]12CN(C(=O)Cc3noc4ccccc34)C[C@@H]1C(C)(C)C2. The molecular weight excluding hydrogens is 304 g/mol. The summed E-state index contributed by atoms with van der Waals surface area (Å²) in [7, 11) is 1.75. The van der Waals surface area contributed by atoms with Crippen LogP contribution in [0.3, 0.4) is 0 Å². The van der Waals surface area contributed by atoms with Crippen LogP contribution in [0.25, 0.3) is 11.0 Å². The molecule has 0 bridgehead atoms. The number of para-hydroxylation sites is 1. The Morgan fingerprint density at radius 1 is 1.42 bits per heavy atom. The Kier molecular flexibility index (Phi) is 3.46. The van der Waals surface area contributed by atoms with Gasteiger partial charge in [-0.3, -0.25) is 4.79 Å². The molecule has 1 aromatic heterocycles. The van der Waals surface area contributed by atoms with Crippen molar-refractivity contribution in [2.24, 2.45) is 16.7 Å². The number of aromatic nitrogens is 1. The lowest BCUT2D eigenvalue weighted by molar-refractivity contribution is -0.130. The second-order valence-electron chi connectivity index (χ2n) is 8.09. The van der Waals surface area contributed by atoms with Crippen LogP contribution in [0.15, 0.2) is 28.8 Å². The van der Waals surface area contributed by atoms with Crippen LogP contribution in [-0.4, -0.2) is 42.8 Å². The van der Waals surface area contributed by atoms with E-state index in [9.17, 15) is 4.79 Å². The number of methoxy groups -OCH3 is 1. The maximum Gasteiger partial charge on any atom is 0.228 e. The number of rotatable bonds is 4. The van der Waals surface area contributed by atoms with E-state index in [2.05, 4.69) is 19.0 Å². The first-order valence-electron chi connectivity index (χ1n) is 8.55. The van der Waals surface area contributed by atoms with Crippen LogP contribution in [0.2, 0.25) is 0 Å². The standard InChI is InChI=1S/C19H24N2O3/c1-18(2)10-19(12-23-3)11-21(9-16(18)19)17(22)8-14-13-6-4-5-7-15(13)24-20-14/h4-7,16H,8-12H2,1-3H3/t16-,19-/m1/s1. The first-order valence-corrected chi connectivity index (χ1v) is 8.55. The molecule has 2 aromatic rings. The molecule has 1 aliphatic heterocycles. The highest BCUT2D eigenvalue weighted by molar-refractivity contribution is 5.86. The van der Waals surface area contributed by atoms with Gasteiger partial charge in [-0.2, -0.15) is 0 Å². The van der Waals surface area contributed by atoms with E-state index in [1.807, 2.05) is 29.2 Å². The van der Waals surface area contributed by atoms with Gasteiger partial charge in [0.25, 0.3) is 0 Å². The molecule has 5 heteroatoms. The Hall–Kier alpha value is -1.88. The fourth-order valence-corrected chi connectivity index (χ4v) is 5.12. The van der Waals surface area contributed by atoms with Gasteiger partial charge in [-0.15, -0.1) is 0 Å². The minimum absolute atomic E-state index is 0.134. The van der Waals surface area contributed by atoms with E-state index >= 15 is 0 Å². The van der Waals surface area contributed by atoms with Crippen molar-refractivity contribution in [2.45, 2.75) is 26.7 Å². The Balaban J connectivity index is 1.52. The molecule has 2 heterocycles. The number of nitrogens with zero attached hydrogens (tertiary/aromatic N) is 2. The number of likely N-dealkylation sites (tertiary alicyclic amines) is 1. The van der Waals surface area contributed by atoms with Crippen LogP contribution in [-0.2, 0) is 16.0 Å². The zero-order valence-corrected chi connectivity index (χ0v) is 14.5. The minimum atomic E-state index is 0.134. The predicted molar refractivity (Wildman–Crippen MR) is 90.5 cm³/mol. The Morgan fingerprint density at radius 2 is 2.21 bits per heavy atom. The van der Waals surface area contributed by atoms with Gasteiger partial charge < -0.3 is 14.2 Å². The molecule has 1 aliphatic carbocycles. The van der Waals surface area contributed by atoms with Crippen LogP contribution < -0.4 is 0 Å². The van der Waals surface area contributed by atoms with E-state index in [1.54, 1.807) is 7.11 Å². The summed E-state index contributed by atoms with van der Waals surface area (Å²) in [6, 6.07) is 7.69. The molecule has 24 heavy (non-hydrogen) atoms. The highest BCUT2D eigenvalue weighted by atomic mass is 16.5. The van der Waals surface area contributed by atoms with E-state index in [0.717, 1.165) is 42.8 Å². The average molecular weight is 328 g/mol. The number of ether oxygens (including phenoxy) is 1. The van der Waals surface area contributed by atoms with Crippen LogP contribution in [0.1, 0.15) is 26.0 Å². The number of carbonyl (C=O) groups excluding carboxylic acids is 1. The molecule has 1 amide bonds. The molecule has 2 fully saturated rings. The van der Waals surface area contributed by atoms with Gasteiger partial charge in [-0.25, -0.2) is 0 Å². The molecular formula is C19H24N2O3. The van der Waals surface area contributed by atoms with E-state index in [-0.39, 0.29) is 16.7 Å². The van der Waals surface area contributed by atoms with E-state index in [1.165, 1.54) is 0 Å². The van der Waals surface area contributed by atoms with Gasteiger partial charge in [0.15, 0.2) is 5.58 Å². The van der Waals surface area contributed by atoms with Crippen molar-refractivity contribution < 1.29 is 14.1 Å². The van der Waals surface area contributed by atoms with Gasteiger partial charge in [0.1, 0.15) is 5.69 Å². The Morgan fingerprint density at radius 3 is 2.96 bits per heavy atom. The summed E-state index contributed by atoms with van der Waals surface area (Å²) in [6.07, 6.45) is 1.42. The number of carbonyl (C=O) groups is 1. The first-order chi connectivity index (χ1) is 11.5. The number of hydrogen-bond donors (Lipinski definition) is 0. The first kappa shape index (κ1) is 15.6. The molecule has 1 aromatic carbocycles. The third-order valence-corrected chi connectivity index (χ3v) is 5.95. The third-order valence-electron chi connectivity index (χ3n) is 5.95. The van der Waals surface area contributed by atoms with Gasteiger partial charge in [0, 0.05) is 31.0 Å². The highest BCUT2D eigenvalue weighted by Crippen LogP contribution is 2.62. The third kappa shape index (κ3) is 2.25. The van der Waals surface area contributed by atoms with Crippen molar-refractivity contribution in [3.05, 3.63) is 30.0 Å².